The maximum atomic E-state index is 11.7. The molecule has 0 aromatic carbocycles. The van der Waals surface area contributed by atoms with Gasteiger partial charge in [0.25, 0.3) is 0 Å². The highest BCUT2D eigenvalue weighted by molar-refractivity contribution is 5.99. The van der Waals surface area contributed by atoms with Crippen molar-refractivity contribution in [2.75, 3.05) is 27.2 Å². The molecule has 0 unspecified atom stereocenters. The first-order valence-electron chi connectivity index (χ1n) is 5.36. The quantitative estimate of drug-likeness (QED) is 0.283. The third-order valence-electron chi connectivity index (χ3n) is 2.13. The number of amides is 2. The Kier molecular flexibility index (Phi) is 6.69. The van der Waals surface area contributed by atoms with E-state index in [1.807, 2.05) is 6.92 Å². The summed E-state index contributed by atoms with van der Waals surface area (Å²) in [5.74, 6) is -0.642. The molecule has 0 aliphatic heterocycles. The predicted molar refractivity (Wildman–Crippen MR) is 63.6 cm³/mol. The molecule has 0 heterocycles. The van der Waals surface area contributed by atoms with E-state index in [0.717, 1.165) is 6.42 Å². The lowest BCUT2D eigenvalue weighted by Gasteiger charge is -2.23. The first-order valence-corrected chi connectivity index (χ1v) is 5.36. The Bertz CT molecular complexity index is 302. The van der Waals surface area contributed by atoms with Gasteiger partial charge in [0.05, 0.1) is 13.0 Å². The summed E-state index contributed by atoms with van der Waals surface area (Å²) >= 11 is 0. The molecule has 0 aromatic heterocycles. The van der Waals surface area contributed by atoms with Crippen LogP contribution in [-0.2, 0) is 9.59 Å². The second-order valence-corrected chi connectivity index (χ2v) is 3.87. The van der Waals surface area contributed by atoms with Gasteiger partial charge in [-0.25, -0.2) is 0 Å². The van der Waals surface area contributed by atoms with Crippen molar-refractivity contribution in [3.8, 4) is 0 Å². The van der Waals surface area contributed by atoms with Crippen molar-refractivity contribution in [1.82, 2.24) is 9.80 Å². The normalized spacial score (nSPS) is 11.1. The van der Waals surface area contributed by atoms with Gasteiger partial charge in [-0.2, -0.15) is 0 Å². The van der Waals surface area contributed by atoms with Gasteiger partial charge in [0, 0.05) is 20.6 Å². The molecule has 0 spiro atoms. The lowest BCUT2D eigenvalue weighted by atomic mass is 10.3. The number of carbonyl (C=O) groups is 2. The van der Waals surface area contributed by atoms with Crippen LogP contribution in [0, 0.1) is 0 Å². The highest BCUT2D eigenvalue weighted by atomic mass is 16.4. The third-order valence-corrected chi connectivity index (χ3v) is 2.13. The summed E-state index contributed by atoms with van der Waals surface area (Å²) in [5, 5.41) is 11.1. The summed E-state index contributed by atoms with van der Waals surface area (Å²) in [5.41, 5.74) is 5.26. The van der Waals surface area contributed by atoms with Crippen molar-refractivity contribution in [1.29, 1.82) is 0 Å². The minimum atomic E-state index is -0.322. The summed E-state index contributed by atoms with van der Waals surface area (Å²) < 4.78 is 0. The van der Waals surface area contributed by atoms with Gasteiger partial charge in [0.2, 0.25) is 11.8 Å². The van der Waals surface area contributed by atoms with Crippen molar-refractivity contribution < 1.29 is 14.8 Å². The van der Waals surface area contributed by atoms with Crippen molar-refractivity contribution in [3.05, 3.63) is 0 Å². The number of likely N-dealkylation sites (N-methyl/N-ethyl adjacent to an activating group) is 1. The summed E-state index contributed by atoms with van der Waals surface area (Å²) in [6.07, 6.45) is 0.555. The van der Waals surface area contributed by atoms with E-state index in [0.29, 0.717) is 6.54 Å². The fourth-order valence-corrected chi connectivity index (χ4v) is 1.17. The van der Waals surface area contributed by atoms with Crippen LogP contribution in [0.4, 0.5) is 0 Å². The zero-order valence-electron chi connectivity index (χ0n) is 10.5. The first-order chi connectivity index (χ1) is 7.92. The Balaban J connectivity index is 4.51. The third kappa shape index (κ3) is 5.74. The summed E-state index contributed by atoms with van der Waals surface area (Å²) in [7, 11) is 3.25. The summed E-state index contributed by atoms with van der Waals surface area (Å²) in [4.78, 5) is 26.1. The first kappa shape index (κ1) is 15.2. The highest BCUT2D eigenvalue weighted by Crippen LogP contribution is 1.98. The Morgan fingerprint density at radius 3 is 2.29 bits per heavy atom. The largest absolute Gasteiger partial charge is 0.409 e. The molecule has 7 nitrogen and oxygen atoms in total. The van der Waals surface area contributed by atoms with Crippen molar-refractivity contribution in [2.24, 2.45) is 10.9 Å². The van der Waals surface area contributed by atoms with Gasteiger partial charge in [-0.15, -0.1) is 0 Å². The highest BCUT2D eigenvalue weighted by Gasteiger charge is 2.18. The molecule has 17 heavy (non-hydrogen) atoms. The van der Waals surface area contributed by atoms with Crippen LogP contribution < -0.4 is 5.73 Å². The average molecular weight is 244 g/mol. The van der Waals surface area contributed by atoms with Crippen molar-refractivity contribution in [2.45, 2.75) is 19.8 Å². The zero-order valence-corrected chi connectivity index (χ0v) is 10.5. The molecule has 7 heteroatoms. The Labute approximate surface area is 101 Å². The monoisotopic (exact) mass is 244 g/mol. The molecule has 98 valence electrons. The zero-order chi connectivity index (χ0) is 13.4. The lowest BCUT2D eigenvalue weighted by molar-refractivity contribution is -0.138. The van der Waals surface area contributed by atoms with Gasteiger partial charge >= 0.3 is 0 Å². The number of amidine groups is 1. The molecule has 0 saturated carbocycles. The van der Waals surface area contributed by atoms with Gasteiger partial charge in [-0.1, -0.05) is 12.1 Å². The van der Waals surface area contributed by atoms with Gasteiger partial charge in [0.15, 0.2) is 0 Å². The minimum Gasteiger partial charge on any atom is -0.409 e. The number of hydrogen-bond donors (Lipinski definition) is 2. The van der Waals surface area contributed by atoms with E-state index >= 15 is 0 Å². The van der Waals surface area contributed by atoms with E-state index < -0.39 is 0 Å². The predicted octanol–water partition coefficient (Wildman–Crippen LogP) is -0.550. The van der Waals surface area contributed by atoms with E-state index in [2.05, 4.69) is 5.16 Å². The number of hydrogen-bond acceptors (Lipinski definition) is 4. The van der Waals surface area contributed by atoms with Crippen LogP contribution in [0.3, 0.4) is 0 Å². The van der Waals surface area contributed by atoms with Gasteiger partial charge < -0.3 is 20.7 Å². The van der Waals surface area contributed by atoms with E-state index in [9.17, 15) is 9.59 Å². The Morgan fingerprint density at radius 1 is 1.29 bits per heavy atom. The SMILES string of the molecule is CCCN(CC(=O)N(C)C)C(=O)C/C(N)=N/O. The molecular weight excluding hydrogens is 224 g/mol. The molecule has 0 aliphatic carbocycles. The fraction of sp³-hybridized carbons (Fsp3) is 0.700. The number of rotatable bonds is 6. The molecule has 3 N–H and O–H groups in total. The summed E-state index contributed by atoms with van der Waals surface area (Å²) in [6, 6.07) is 0. The average Bonchev–Trinajstić information content (AvgIpc) is 2.27. The van der Waals surface area contributed by atoms with Crippen LogP contribution in [0.15, 0.2) is 5.16 Å². The molecule has 0 fully saturated rings. The van der Waals surface area contributed by atoms with Crippen molar-refractivity contribution >= 4 is 17.6 Å². The number of nitrogens with zero attached hydrogens (tertiary/aromatic N) is 3. The topological polar surface area (TPSA) is 99.2 Å². The fourth-order valence-electron chi connectivity index (χ4n) is 1.17. The molecule has 0 aromatic rings. The summed E-state index contributed by atoms with van der Waals surface area (Å²) in [6.45, 7) is 2.39. The standard InChI is InChI=1S/C10H20N4O3/c1-4-5-14(7-10(16)13(2)3)9(15)6-8(11)12-17/h17H,4-7H2,1-3H3,(H2,11,12). The second kappa shape index (κ2) is 7.48. The Hall–Kier alpha value is -1.79. The molecule has 0 saturated heterocycles. The molecule has 0 aliphatic rings. The number of nitrogens with two attached hydrogens (primary N) is 1. The Morgan fingerprint density at radius 2 is 1.88 bits per heavy atom. The molecule has 0 atom stereocenters. The minimum absolute atomic E-state index is 0.0123. The maximum absolute atomic E-state index is 11.7. The second-order valence-electron chi connectivity index (χ2n) is 3.87. The van der Waals surface area contributed by atoms with Crippen LogP contribution in [0.2, 0.25) is 0 Å². The van der Waals surface area contributed by atoms with Crippen LogP contribution in [-0.4, -0.2) is 59.8 Å². The molecule has 0 bridgehead atoms. The van der Waals surface area contributed by atoms with Gasteiger partial charge in [-0.3, -0.25) is 9.59 Å². The van der Waals surface area contributed by atoms with E-state index in [-0.39, 0.29) is 30.6 Å². The molecular formula is C10H20N4O3. The van der Waals surface area contributed by atoms with Gasteiger partial charge in [0.1, 0.15) is 5.84 Å². The van der Waals surface area contributed by atoms with E-state index in [1.165, 1.54) is 9.80 Å². The maximum Gasteiger partial charge on any atom is 0.241 e. The molecule has 2 amide bonds. The smallest absolute Gasteiger partial charge is 0.241 e. The van der Waals surface area contributed by atoms with Crippen LogP contribution in [0.1, 0.15) is 19.8 Å². The van der Waals surface area contributed by atoms with Crippen LogP contribution in [0.5, 0.6) is 0 Å². The van der Waals surface area contributed by atoms with E-state index in [1.54, 1.807) is 14.1 Å². The number of carbonyl (C=O) groups excluding carboxylic acids is 2. The van der Waals surface area contributed by atoms with Gasteiger partial charge in [-0.05, 0) is 6.42 Å². The van der Waals surface area contributed by atoms with Crippen LogP contribution >= 0.6 is 0 Å². The van der Waals surface area contributed by atoms with E-state index in [4.69, 9.17) is 10.9 Å². The van der Waals surface area contributed by atoms with Crippen LogP contribution in [0.25, 0.3) is 0 Å². The number of oxime groups is 1. The molecule has 0 rings (SSSR count). The molecule has 0 radical (unpaired) electrons. The van der Waals surface area contributed by atoms with Crippen molar-refractivity contribution in [3.63, 3.8) is 0 Å². The lowest BCUT2D eigenvalue weighted by Crippen LogP contribution is -2.41.